The molecule has 4 rings (SSSR count). The van der Waals surface area contributed by atoms with Crippen LogP contribution in [0.1, 0.15) is 27.8 Å². The molecule has 6 nitrogen and oxygen atoms in total. The van der Waals surface area contributed by atoms with Gasteiger partial charge in [-0.15, -0.1) is 11.3 Å². The third-order valence-electron chi connectivity index (χ3n) is 4.91. The Kier molecular flexibility index (Phi) is 5.40. The number of hydrogen-bond donors (Lipinski definition) is 1. The van der Waals surface area contributed by atoms with Gasteiger partial charge in [-0.1, -0.05) is 17.7 Å². The van der Waals surface area contributed by atoms with Gasteiger partial charge in [-0.3, -0.25) is 9.59 Å². The van der Waals surface area contributed by atoms with Crippen molar-refractivity contribution < 1.29 is 23.8 Å². The smallest absolute Gasteiger partial charge is 0.296 e. The number of thiophene rings is 1. The molecule has 0 radical (unpaired) electrons. The Morgan fingerprint density at radius 3 is 2.73 bits per heavy atom. The van der Waals surface area contributed by atoms with Crippen LogP contribution in [0.4, 0.5) is 0 Å². The summed E-state index contributed by atoms with van der Waals surface area (Å²) in [6.45, 7) is 1.91. The topological polar surface area (TPSA) is 80.0 Å². The number of carbonyl (C=O) groups is 2. The second-order valence-electron chi connectivity index (χ2n) is 6.85. The van der Waals surface area contributed by atoms with E-state index < -0.39 is 17.7 Å². The Hall–Kier alpha value is -3.03. The number of furan rings is 1. The summed E-state index contributed by atoms with van der Waals surface area (Å²) in [5, 5.41) is 13.4. The molecular weight excluding hydrogens is 426 g/mol. The molecule has 1 aromatic carbocycles. The minimum atomic E-state index is -0.767. The highest BCUT2D eigenvalue weighted by molar-refractivity contribution is 7.10. The second kappa shape index (κ2) is 8.01. The van der Waals surface area contributed by atoms with Crippen LogP contribution in [0.3, 0.4) is 0 Å². The van der Waals surface area contributed by atoms with Gasteiger partial charge in [-0.25, -0.2) is 0 Å². The zero-order valence-corrected chi connectivity index (χ0v) is 17.8. The van der Waals surface area contributed by atoms with Crippen molar-refractivity contribution in [1.29, 1.82) is 0 Å². The first-order valence-corrected chi connectivity index (χ1v) is 10.4. The number of likely N-dealkylation sites (tertiary alicyclic amines) is 1. The van der Waals surface area contributed by atoms with Crippen LogP contribution in [-0.4, -0.2) is 28.8 Å². The molecule has 0 spiro atoms. The molecule has 1 saturated heterocycles. The molecule has 3 aromatic rings. The van der Waals surface area contributed by atoms with E-state index in [9.17, 15) is 14.7 Å². The number of aryl methyl sites for hydroxylation is 1. The van der Waals surface area contributed by atoms with Gasteiger partial charge in [0.25, 0.3) is 11.7 Å². The molecule has 0 saturated carbocycles. The van der Waals surface area contributed by atoms with Crippen molar-refractivity contribution >= 4 is 40.4 Å². The van der Waals surface area contributed by atoms with Crippen molar-refractivity contribution in [3.63, 3.8) is 0 Å². The summed E-state index contributed by atoms with van der Waals surface area (Å²) < 4.78 is 10.7. The monoisotopic (exact) mass is 443 g/mol. The third-order valence-corrected chi connectivity index (χ3v) is 6.11. The van der Waals surface area contributed by atoms with E-state index in [1.165, 1.54) is 29.6 Å². The van der Waals surface area contributed by atoms with E-state index in [1.54, 1.807) is 24.3 Å². The van der Waals surface area contributed by atoms with Gasteiger partial charge in [0.2, 0.25) is 0 Å². The van der Waals surface area contributed by atoms with Crippen molar-refractivity contribution in [2.45, 2.75) is 19.5 Å². The lowest BCUT2D eigenvalue weighted by atomic mass is 9.98. The quantitative estimate of drug-likeness (QED) is 0.343. The van der Waals surface area contributed by atoms with E-state index in [2.05, 4.69) is 0 Å². The Morgan fingerprint density at radius 1 is 1.30 bits per heavy atom. The summed E-state index contributed by atoms with van der Waals surface area (Å²) in [7, 11) is 1.43. The molecule has 3 heterocycles. The lowest BCUT2D eigenvalue weighted by molar-refractivity contribution is -0.140. The van der Waals surface area contributed by atoms with Crippen molar-refractivity contribution in [2.75, 3.05) is 7.11 Å². The molecule has 30 heavy (non-hydrogen) atoms. The van der Waals surface area contributed by atoms with Crippen molar-refractivity contribution in [1.82, 2.24) is 4.90 Å². The number of amides is 1. The first kappa shape index (κ1) is 20.3. The SMILES string of the molecule is COc1c(Cl)cc(C)cc1/C(O)=C1/C(=O)C(=O)N(Cc2ccco2)C1c1cccs1. The fraction of sp³-hybridized carbons (Fsp3) is 0.182. The van der Waals surface area contributed by atoms with Crippen LogP contribution in [0.15, 0.2) is 58.0 Å². The zero-order chi connectivity index (χ0) is 21.4. The molecular formula is C22H18ClNO5S. The van der Waals surface area contributed by atoms with Crippen LogP contribution in [-0.2, 0) is 16.1 Å². The zero-order valence-electron chi connectivity index (χ0n) is 16.2. The molecule has 0 bridgehead atoms. The second-order valence-corrected chi connectivity index (χ2v) is 8.24. The maximum atomic E-state index is 13.0. The normalized spacial score (nSPS) is 18.2. The standard InChI is InChI=1S/C22H18ClNO5S/c1-12-9-14(21(28-2)15(23)10-12)19(25)17-18(16-6-4-8-30-16)24(22(27)20(17)26)11-13-5-3-7-29-13/h3-10,18,25H,11H2,1-2H3/b19-17-. The summed E-state index contributed by atoms with van der Waals surface area (Å²) in [5.41, 5.74) is 1.04. The maximum Gasteiger partial charge on any atom is 0.296 e. The number of benzene rings is 1. The van der Waals surface area contributed by atoms with Crippen molar-refractivity contribution in [3.8, 4) is 5.75 Å². The van der Waals surface area contributed by atoms with Crippen LogP contribution in [0.5, 0.6) is 5.75 Å². The summed E-state index contributed by atoms with van der Waals surface area (Å²) in [6.07, 6.45) is 1.51. The fourth-order valence-corrected chi connectivity index (χ4v) is 4.81. The molecule has 2 aromatic heterocycles. The van der Waals surface area contributed by atoms with E-state index in [0.717, 1.165) is 10.4 Å². The number of hydrogen-bond acceptors (Lipinski definition) is 6. The number of aliphatic hydroxyl groups excluding tert-OH is 1. The highest BCUT2D eigenvalue weighted by atomic mass is 35.5. The van der Waals surface area contributed by atoms with Gasteiger partial charge in [-0.2, -0.15) is 0 Å². The number of ketones is 1. The largest absolute Gasteiger partial charge is 0.507 e. The maximum absolute atomic E-state index is 13.0. The number of carbonyl (C=O) groups excluding carboxylic acids is 2. The summed E-state index contributed by atoms with van der Waals surface area (Å²) in [6, 6.07) is 9.72. The Morgan fingerprint density at radius 2 is 2.10 bits per heavy atom. The fourth-order valence-electron chi connectivity index (χ4n) is 3.61. The average Bonchev–Trinajstić information content (AvgIpc) is 3.46. The molecule has 1 amide bonds. The van der Waals surface area contributed by atoms with Gasteiger partial charge in [-0.05, 0) is 48.2 Å². The molecule has 1 fully saturated rings. The van der Waals surface area contributed by atoms with Gasteiger partial charge in [0, 0.05) is 4.88 Å². The van der Waals surface area contributed by atoms with E-state index in [-0.39, 0.29) is 29.2 Å². The number of Topliss-reactive ketones (excluding diaryl/α,β-unsaturated/α-hetero) is 1. The minimum absolute atomic E-state index is 0.00558. The number of aliphatic hydroxyl groups is 1. The molecule has 1 unspecified atom stereocenters. The molecule has 1 aliphatic rings. The third kappa shape index (κ3) is 3.40. The van der Waals surface area contributed by atoms with Crippen LogP contribution in [0.25, 0.3) is 5.76 Å². The Labute approximate surface area is 181 Å². The van der Waals surface area contributed by atoms with E-state index >= 15 is 0 Å². The Balaban J connectivity index is 1.91. The van der Waals surface area contributed by atoms with Crippen molar-refractivity contribution in [3.05, 3.63) is 80.4 Å². The van der Waals surface area contributed by atoms with E-state index in [0.29, 0.717) is 10.8 Å². The van der Waals surface area contributed by atoms with Gasteiger partial charge >= 0.3 is 0 Å². The molecule has 1 aliphatic heterocycles. The number of rotatable bonds is 5. The highest BCUT2D eigenvalue weighted by Crippen LogP contribution is 2.44. The molecule has 1 N–H and O–H groups in total. The number of halogens is 1. The number of methoxy groups -OCH3 is 1. The van der Waals surface area contributed by atoms with Gasteiger partial charge < -0.3 is 19.2 Å². The number of ether oxygens (including phenoxy) is 1. The van der Waals surface area contributed by atoms with Crippen LogP contribution >= 0.6 is 22.9 Å². The molecule has 154 valence electrons. The summed E-state index contributed by atoms with van der Waals surface area (Å²) in [5.74, 6) is -1.02. The summed E-state index contributed by atoms with van der Waals surface area (Å²) in [4.78, 5) is 28.1. The predicted molar refractivity (Wildman–Crippen MR) is 114 cm³/mol. The highest BCUT2D eigenvalue weighted by Gasteiger charge is 2.47. The lowest BCUT2D eigenvalue weighted by Gasteiger charge is -2.23. The summed E-state index contributed by atoms with van der Waals surface area (Å²) >= 11 is 7.67. The van der Waals surface area contributed by atoms with Crippen LogP contribution < -0.4 is 4.74 Å². The predicted octanol–water partition coefficient (Wildman–Crippen LogP) is 4.93. The Bertz CT molecular complexity index is 1130. The molecule has 0 aliphatic carbocycles. The van der Waals surface area contributed by atoms with Gasteiger partial charge in [0.15, 0.2) is 0 Å². The average molecular weight is 444 g/mol. The lowest BCUT2D eigenvalue weighted by Crippen LogP contribution is -2.28. The first-order valence-electron chi connectivity index (χ1n) is 9.11. The van der Waals surface area contributed by atoms with E-state index in [1.807, 2.05) is 24.4 Å². The van der Waals surface area contributed by atoms with E-state index in [4.69, 9.17) is 20.8 Å². The van der Waals surface area contributed by atoms with Crippen LogP contribution in [0, 0.1) is 6.92 Å². The van der Waals surface area contributed by atoms with Gasteiger partial charge in [0.05, 0.1) is 36.1 Å². The first-order chi connectivity index (χ1) is 14.4. The number of nitrogens with zero attached hydrogens (tertiary/aromatic N) is 1. The minimum Gasteiger partial charge on any atom is -0.507 e. The molecule has 1 atom stereocenters. The van der Waals surface area contributed by atoms with Crippen molar-refractivity contribution in [2.24, 2.45) is 0 Å². The van der Waals surface area contributed by atoms with Crippen LogP contribution in [0.2, 0.25) is 5.02 Å². The molecule has 8 heteroatoms. The van der Waals surface area contributed by atoms with Gasteiger partial charge in [0.1, 0.15) is 23.3 Å².